The first-order valence-electron chi connectivity index (χ1n) is 19.8. The Morgan fingerprint density at radius 1 is 0.661 bits per heavy atom. The maximum absolute atomic E-state index is 13.2. The second-order valence-corrected chi connectivity index (χ2v) is 15.7. The fraction of sp³-hybridized carbons (Fsp3) is 0.292. The zero-order valence-electron chi connectivity index (χ0n) is 33.3. The predicted molar refractivity (Wildman–Crippen MR) is 226 cm³/mol. The summed E-state index contributed by atoms with van der Waals surface area (Å²) in [5, 5.41) is 0.452. The molecule has 0 bridgehead atoms. The van der Waals surface area contributed by atoms with E-state index in [1.54, 1.807) is 27.6 Å². The van der Waals surface area contributed by atoms with E-state index in [0.717, 1.165) is 46.5 Å². The fourth-order valence-electron chi connectivity index (χ4n) is 7.72. The summed E-state index contributed by atoms with van der Waals surface area (Å²) in [6.07, 6.45) is 8.58. The summed E-state index contributed by atoms with van der Waals surface area (Å²) in [4.78, 5) is 43.0. The molecule has 4 heterocycles. The second kappa shape index (κ2) is 17.2. The second-order valence-electron chi connectivity index (χ2n) is 15.3. The molecule has 59 heavy (non-hydrogen) atoms. The Kier molecular flexibility index (Phi) is 11.4. The van der Waals surface area contributed by atoms with Crippen LogP contribution in [0.2, 0.25) is 5.02 Å². The van der Waals surface area contributed by atoms with Gasteiger partial charge in [0.15, 0.2) is 11.6 Å². The number of benzene rings is 2. The van der Waals surface area contributed by atoms with Crippen LogP contribution in [0.15, 0.2) is 113 Å². The largest absolute Gasteiger partial charge is 0.485 e. The lowest BCUT2D eigenvalue weighted by atomic mass is 10.0. The molecule has 0 aliphatic heterocycles. The highest BCUT2D eigenvalue weighted by Gasteiger charge is 2.52. The first kappa shape index (κ1) is 39.3. The van der Waals surface area contributed by atoms with Crippen molar-refractivity contribution in [3.05, 3.63) is 175 Å². The Balaban J connectivity index is 0.834. The molecule has 6 atom stereocenters. The maximum Gasteiger partial charge on any atom is 0.254 e. The molecule has 2 aliphatic rings. The van der Waals surface area contributed by atoms with Crippen molar-refractivity contribution in [2.24, 2.45) is 23.7 Å². The van der Waals surface area contributed by atoms with Gasteiger partial charge in [-0.05, 0) is 106 Å². The number of nitrogens with zero attached hydrogens (tertiary/aromatic N) is 6. The Morgan fingerprint density at radius 3 is 1.75 bits per heavy atom. The Morgan fingerprint density at radius 2 is 1.19 bits per heavy atom. The van der Waals surface area contributed by atoms with E-state index in [1.807, 2.05) is 82.3 Å². The maximum atomic E-state index is 13.2. The van der Waals surface area contributed by atoms with E-state index < -0.39 is 0 Å². The van der Waals surface area contributed by atoms with E-state index in [1.165, 1.54) is 24.5 Å². The van der Waals surface area contributed by atoms with Gasteiger partial charge < -0.3 is 18.6 Å². The summed E-state index contributed by atoms with van der Waals surface area (Å²) in [5.41, 5.74) is 5.27. The molecule has 10 nitrogen and oxygen atoms in total. The Hall–Kier alpha value is -6.49. The molecule has 2 aliphatic carbocycles. The molecule has 0 radical (unpaired) electrons. The van der Waals surface area contributed by atoms with Gasteiger partial charge >= 0.3 is 0 Å². The van der Waals surface area contributed by atoms with Crippen molar-refractivity contribution < 1.29 is 9.47 Å². The SMILES string of the molecule is Cc1cc(OCc2ncccn2)cc(=O)n1C(C)c1cccc(C#CC2CC2C2CC2C#Cc2ccc([C@@H](C)n3c(C)cc(OCc4ncc(Cl)cn4)cc3=O)cc2)c1. The highest BCUT2D eigenvalue weighted by atomic mass is 35.5. The molecular formula is C48H43ClN6O4. The van der Waals surface area contributed by atoms with Crippen LogP contribution in [0.1, 0.15) is 84.1 Å². The van der Waals surface area contributed by atoms with Crippen LogP contribution in [0.25, 0.3) is 0 Å². The smallest absolute Gasteiger partial charge is 0.254 e. The lowest BCUT2D eigenvalue weighted by Gasteiger charge is -2.19. The minimum absolute atomic E-state index is 0.131. The van der Waals surface area contributed by atoms with Gasteiger partial charge in [0, 0.05) is 71.3 Å². The van der Waals surface area contributed by atoms with Crippen LogP contribution in [-0.4, -0.2) is 29.1 Å². The number of aromatic nitrogens is 6. The van der Waals surface area contributed by atoms with E-state index in [4.69, 9.17) is 21.1 Å². The lowest BCUT2D eigenvalue weighted by Crippen LogP contribution is -2.25. The summed E-state index contributed by atoms with van der Waals surface area (Å²) in [7, 11) is 0. The lowest BCUT2D eigenvalue weighted by molar-refractivity contribution is 0.294. The highest BCUT2D eigenvalue weighted by molar-refractivity contribution is 6.30. The van der Waals surface area contributed by atoms with Gasteiger partial charge in [-0.2, -0.15) is 0 Å². The first-order valence-corrected chi connectivity index (χ1v) is 20.1. The number of hydrogen-bond acceptors (Lipinski definition) is 8. The monoisotopic (exact) mass is 802 g/mol. The van der Waals surface area contributed by atoms with Crippen LogP contribution in [0.5, 0.6) is 11.5 Å². The zero-order valence-corrected chi connectivity index (χ0v) is 34.1. The number of rotatable bonds is 11. The topological polar surface area (TPSA) is 114 Å². The molecule has 8 rings (SSSR count). The minimum atomic E-state index is -0.176. The van der Waals surface area contributed by atoms with Crippen molar-refractivity contribution in [3.8, 4) is 35.2 Å². The van der Waals surface area contributed by atoms with Crippen LogP contribution in [0, 0.1) is 61.2 Å². The van der Waals surface area contributed by atoms with Gasteiger partial charge in [-0.3, -0.25) is 9.59 Å². The average Bonchev–Trinajstić information content (AvgIpc) is 4.17. The number of ether oxygens (including phenoxy) is 2. The molecule has 5 unspecified atom stereocenters. The molecule has 0 N–H and O–H groups in total. The average molecular weight is 803 g/mol. The molecule has 6 aromatic rings. The van der Waals surface area contributed by atoms with E-state index in [0.29, 0.717) is 51.8 Å². The molecule has 4 aromatic heterocycles. The van der Waals surface area contributed by atoms with Crippen molar-refractivity contribution in [1.29, 1.82) is 0 Å². The van der Waals surface area contributed by atoms with Gasteiger partial charge in [0.1, 0.15) is 24.7 Å². The quantitative estimate of drug-likeness (QED) is 0.122. The van der Waals surface area contributed by atoms with Crippen molar-refractivity contribution in [2.75, 3.05) is 0 Å². The minimum Gasteiger partial charge on any atom is -0.485 e. The van der Waals surface area contributed by atoms with E-state index in [-0.39, 0.29) is 36.4 Å². The van der Waals surface area contributed by atoms with E-state index >= 15 is 0 Å². The summed E-state index contributed by atoms with van der Waals surface area (Å²) >= 11 is 5.86. The predicted octanol–water partition coefficient (Wildman–Crippen LogP) is 7.91. The van der Waals surface area contributed by atoms with Crippen molar-refractivity contribution >= 4 is 11.6 Å². The molecule has 2 aromatic carbocycles. The Labute approximate surface area is 348 Å². The molecule has 0 amide bonds. The van der Waals surface area contributed by atoms with Gasteiger partial charge in [0.2, 0.25) is 0 Å². The van der Waals surface area contributed by atoms with Crippen LogP contribution >= 0.6 is 11.6 Å². The van der Waals surface area contributed by atoms with Gasteiger partial charge in [-0.1, -0.05) is 59.5 Å². The van der Waals surface area contributed by atoms with Gasteiger partial charge in [0.05, 0.1) is 17.1 Å². The molecule has 0 spiro atoms. The molecule has 296 valence electrons. The molecular weight excluding hydrogens is 760 g/mol. The zero-order chi connectivity index (χ0) is 41.0. The van der Waals surface area contributed by atoms with Crippen LogP contribution in [-0.2, 0) is 13.2 Å². The first-order chi connectivity index (χ1) is 28.6. The van der Waals surface area contributed by atoms with Crippen LogP contribution in [0.3, 0.4) is 0 Å². The van der Waals surface area contributed by atoms with Gasteiger partial charge in [-0.25, -0.2) is 19.9 Å². The molecule has 2 saturated carbocycles. The number of hydrogen-bond donors (Lipinski definition) is 0. The summed E-state index contributed by atoms with van der Waals surface area (Å²) in [5.74, 6) is 17.8. The highest BCUT2D eigenvalue weighted by Crippen LogP contribution is 2.57. The number of pyridine rings is 2. The molecule has 11 heteroatoms. The van der Waals surface area contributed by atoms with Gasteiger partial charge in [0.25, 0.3) is 11.1 Å². The summed E-state index contributed by atoms with van der Waals surface area (Å²) in [6, 6.07) is 24.5. The summed E-state index contributed by atoms with van der Waals surface area (Å²) < 4.78 is 15.1. The fourth-order valence-corrected chi connectivity index (χ4v) is 7.81. The van der Waals surface area contributed by atoms with Crippen LogP contribution in [0.4, 0.5) is 0 Å². The third kappa shape index (κ3) is 9.46. The molecule has 2 fully saturated rings. The van der Waals surface area contributed by atoms with Gasteiger partial charge in [-0.15, -0.1) is 0 Å². The number of halogens is 1. The van der Waals surface area contributed by atoms with Crippen LogP contribution < -0.4 is 20.6 Å². The van der Waals surface area contributed by atoms with Crippen molar-refractivity contribution in [1.82, 2.24) is 29.1 Å². The van der Waals surface area contributed by atoms with Crippen molar-refractivity contribution in [2.45, 2.75) is 65.8 Å². The standard InChI is InChI=1S/C48H43ClN6O4/c1-30-19-42(59-29-46-52-26-40(49)27-53-46)24-47(56)54(30)32(3)36-13-9-34(10-14-36)11-15-38-22-43(38)44-23-39(44)16-12-35-7-5-8-37(21-35)33(4)55-31(2)20-41(25-48(55)57)58-28-45-50-17-6-18-51-45/h5-10,13-14,17-21,24-27,32-33,38-39,43-44H,22-23,28-29H2,1-4H3/t32-,33?,38?,39?,43?,44?/m1/s1. The van der Waals surface area contributed by atoms with E-state index in [9.17, 15) is 9.59 Å². The van der Waals surface area contributed by atoms with E-state index in [2.05, 4.69) is 49.7 Å². The number of aryl methyl sites for hydroxylation is 2. The third-order valence-corrected chi connectivity index (χ3v) is 11.3. The third-order valence-electron chi connectivity index (χ3n) is 11.1. The Bertz CT molecular complexity index is 2730. The normalized spacial score (nSPS) is 18.7. The summed E-state index contributed by atoms with van der Waals surface area (Å²) in [6.45, 7) is 8.19. The van der Waals surface area contributed by atoms with Crippen molar-refractivity contribution in [3.63, 3.8) is 0 Å². The molecule has 0 saturated heterocycles.